The lowest BCUT2D eigenvalue weighted by atomic mass is 10.1. The molecule has 100 valence electrons. The number of hydrogen-bond acceptors (Lipinski definition) is 5. The van der Waals surface area contributed by atoms with E-state index in [2.05, 4.69) is 10.2 Å². The zero-order valence-corrected chi connectivity index (χ0v) is 11.0. The summed E-state index contributed by atoms with van der Waals surface area (Å²) in [6.45, 7) is 0.630. The molecule has 0 aliphatic carbocycles. The van der Waals surface area contributed by atoms with Gasteiger partial charge in [-0.3, -0.25) is 9.36 Å². The fourth-order valence-electron chi connectivity index (χ4n) is 1.63. The molecule has 6 nitrogen and oxygen atoms in total. The number of aromatic nitrogens is 3. The minimum Gasteiger partial charge on any atom is -0.481 e. The number of aryl methyl sites for hydroxylation is 1. The fraction of sp³-hybridized carbons (Fsp3) is 0.250. The standard InChI is InChI=1S/C12H14N4O2S/c13-11-14-15-12(19-8-10(17)18)16(11)7-6-9-4-2-1-3-5-9/h1-5H,6-8H2,(H2,13,14)(H,17,18). The fourth-order valence-corrected chi connectivity index (χ4v) is 2.32. The van der Waals surface area contributed by atoms with Crippen LogP contribution in [0.5, 0.6) is 0 Å². The molecule has 0 bridgehead atoms. The van der Waals surface area contributed by atoms with E-state index in [9.17, 15) is 4.79 Å². The smallest absolute Gasteiger partial charge is 0.313 e. The molecule has 0 radical (unpaired) electrons. The lowest BCUT2D eigenvalue weighted by molar-refractivity contribution is -0.133. The largest absolute Gasteiger partial charge is 0.481 e. The van der Waals surface area contributed by atoms with Crippen molar-refractivity contribution in [1.82, 2.24) is 14.8 Å². The summed E-state index contributed by atoms with van der Waals surface area (Å²) in [6, 6.07) is 9.98. The topological polar surface area (TPSA) is 94.0 Å². The molecule has 0 spiro atoms. The SMILES string of the molecule is Nc1nnc(SCC(=O)O)n1CCc1ccccc1. The van der Waals surface area contributed by atoms with Gasteiger partial charge in [0.1, 0.15) is 0 Å². The zero-order valence-electron chi connectivity index (χ0n) is 10.2. The van der Waals surface area contributed by atoms with Gasteiger partial charge in [-0.1, -0.05) is 42.1 Å². The predicted molar refractivity (Wildman–Crippen MR) is 72.9 cm³/mol. The third-order valence-electron chi connectivity index (χ3n) is 2.54. The third kappa shape index (κ3) is 3.72. The average molecular weight is 278 g/mol. The van der Waals surface area contributed by atoms with Crippen LogP contribution in [-0.4, -0.2) is 31.6 Å². The molecule has 0 fully saturated rings. The van der Waals surface area contributed by atoms with Crippen molar-refractivity contribution in [3.05, 3.63) is 35.9 Å². The number of rotatable bonds is 6. The van der Waals surface area contributed by atoms with E-state index in [4.69, 9.17) is 10.8 Å². The van der Waals surface area contributed by atoms with Crippen LogP contribution in [0.1, 0.15) is 5.56 Å². The number of nitrogen functional groups attached to an aromatic ring is 1. The Kier molecular flexibility index (Phi) is 4.40. The van der Waals surface area contributed by atoms with Crippen LogP contribution in [0.4, 0.5) is 5.95 Å². The molecule has 1 heterocycles. The molecular formula is C12H14N4O2S. The Balaban J connectivity index is 2.03. The van der Waals surface area contributed by atoms with E-state index in [1.807, 2.05) is 30.3 Å². The van der Waals surface area contributed by atoms with Gasteiger partial charge < -0.3 is 10.8 Å². The lowest BCUT2D eigenvalue weighted by Gasteiger charge is -2.07. The Hall–Kier alpha value is -2.02. The van der Waals surface area contributed by atoms with Crippen LogP contribution in [0.15, 0.2) is 35.5 Å². The highest BCUT2D eigenvalue weighted by Crippen LogP contribution is 2.18. The number of nitrogens with zero attached hydrogens (tertiary/aromatic N) is 3. The summed E-state index contributed by atoms with van der Waals surface area (Å²) in [7, 11) is 0. The van der Waals surface area contributed by atoms with Crippen molar-refractivity contribution < 1.29 is 9.90 Å². The van der Waals surface area contributed by atoms with E-state index < -0.39 is 5.97 Å². The van der Waals surface area contributed by atoms with Gasteiger partial charge in [-0.25, -0.2) is 0 Å². The van der Waals surface area contributed by atoms with E-state index in [0.717, 1.165) is 18.2 Å². The maximum absolute atomic E-state index is 10.6. The summed E-state index contributed by atoms with van der Waals surface area (Å²) in [5.41, 5.74) is 6.93. The normalized spacial score (nSPS) is 10.5. The van der Waals surface area contributed by atoms with Crippen molar-refractivity contribution in [2.75, 3.05) is 11.5 Å². The molecule has 0 saturated carbocycles. The van der Waals surface area contributed by atoms with E-state index in [0.29, 0.717) is 17.6 Å². The minimum absolute atomic E-state index is 0.0521. The van der Waals surface area contributed by atoms with Gasteiger partial charge in [0.2, 0.25) is 5.95 Å². The first-order chi connectivity index (χ1) is 9.16. The maximum Gasteiger partial charge on any atom is 0.313 e. The minimum atomic E-state index is -0.888. The van der Waals surface area contributed by atoms with E-state index >= 15 is 0 Å². The summed E-state index contributed by atoms with van der Waals surface area (Å²) in [5.74, 6) is -0.631. The molecule has 19 heavy (non-hydrogen) atoms. The van der Waals surface area contributed by atoms with Gasteiger partial charge in [-0.05, 0) is 12.0 Å². The Bertz CT molecular complexity index is 556. The van der Waals surface area contributed by atoms with Crippen molar-refractivity contribution in [2.45, 2.75) is 18.1 Å². The number of benzene rings is 1. The second kappa shape index (κ2) is 6.24. The molecule has 2 aromatic rings. The molecule has 0 amide bonds. The van der Waals surface area contributed by atoms with Crippen LogP contribution in [0.3, 0.4) is 0 Å². The van der Waals surface area contributed by atoms with Crippen LogP contribution in [0.2, 0.25) is 0 Å². The van der Waals surface area contributed by atoms with Gasteiger partial charge in [0, 0.05) is 6.54 Å². The molecule has 1 aromatic carbocycles. The number of anilines is 1. The molecule has 7 heteroatoms. The molecule has 2 rings (SSSR count). The Morgan fingerprint density at radius 1 is 1.32 bits per heavy atom. The Morgan fingerprint density at radius 3 is 2.74 bits per heavy atom. The first-order valence-corrected chi connectivity index (χ1v) is 6.72. The quantitative estimate of drug-likeness (QED) is 0.773. The molecule has 0 unspecified atom stereocenters. The van der Waals surface area contributed by atoms with Crippen molar-refractivity contribution in [3.63, 3.8) is 0 Å². The molecule has 0 aliphatic rings. The number of aliphatic carboxylic acids is 1. The number of carboxylic acid groups (broad SMARTS) is 1. The first-order valence-electron chi connectivity index (χ1n) is 5.74. The lowest BCUT2D eigenvalue weighted by Crippen LogP contribution is -2.08. The highest BCUT2D eigenvalue weighted by Gasteiger charge is 2.11. The Labute approximate surface area is 114 Å². The molecule has 0 saturated heterocycles. The van der Waals surface area contributed by atoms with Gasteiger partial charge in [-0.2, -0.15) is 0 Å². The van der Waals surface area contributed by atoms with Crippen LogP contribution >= 0.6 is 11.8 Å². The van der Waals surface area contributed by atoms with Crippen molar-refractivity contribution in [1.29, 1.82) is 0 Å². The predicted octanol–water partition coefficient (Wildman–Crippen LogP) is 1.28. The van der Waals surface area contributed by atoms with Crippen LogP contribution in [0, 0.1) is 0 Å². The van der Waals surface area contributed by atoms with Gasteiger partial charge in [0.05, 0.1) is 5.75 Å². The molecule has 3 N–H and O–H groups in total. The summed E-state index contributed by atoms with van der Waals surface area (Å²) >= 11 is 1.12. The second-order valence-electron chi connectivity index (χ2n) is 3.91. The summed E-state index contributed by atoms with van der Waals surface area (Å²) in [6.07, 6.45) is 0.795. The van der Waals surface area contributed by atoms with Gasteiger partial charge >= 0.3 is 5.97 Å². The highest BCUT2D eigenvalue weighted by molar-refractivity contribution is 7.99. The molecule has 0 atom stereocenters. The van der Waals surface area contributed by atoms with Gasteiger partial charge in [0.25, 0.3) is 0 Å². The van der Waals surface area contributed by atoms with Gasteiger partial charge in [0.15, 0.2) is 5.16 Å². The molecule has 1 aromatic heterocycles. The van der Waals surface area contributed by atoms with Crippen molar-refractivity contribution >= 4 is 23.7 Å². The van der Waals surface area contributed by atoms with Crippen LogP contribution in [-0.2, 0) is 17.8 Å². The Morgan fingerprint density at radius 2 is 2.05 bits per heavy atom. The average Bonchev–Trinajstić information content (AvgIpc) is 2.76. The maximum atomic E-state index is 10.6. The van der Waals surface area contributed by atoms with Crippen LogP contribution in [0.25, 0.3) is 0 Å². The van der Waals surface area contributed by atoms with E-state index in [-0.39, 0.29) is 5.75 Å². The van der Waals surface area contributed by atoms with E-state index in [1.54, 1.807) is 4.57 Å². The zero-order chi connectivity index (χ0) is 13.7. The number of carbonyl (C=O) groups is 1. The highest BCUT2D eigenvalue weighted by atomic mass is 32.2. The molecule has 0 aliphatic heterocycles. The monoisotopic (exact) mass is 278 g/mol. The summed E-state index contributed by atoms with van der Waals surface area (Å²) in [5, 5.41) is 16.9. The van der Waals surface area contributed by atoms with Crippen molar-refractivity contribution in [2.24, 2.45) is 0 Å². The second-order valence-corrected chi connectivity index (χ2v) is 4.85. The third-order valence-corrected chi connectivity index (χ3v) is 3.49. The van der Waals surface area contributed by atoms with Crippen LogP contribution < -0.4 is 5.73 Å². The number of thioether (sulfide) groups is 1. The molecular weight excluding hydrogens is 264 g/mol. The number of hydrogen-bond donors (Lipinski definition) is 2. The number of carboxylic acids is 1. The summed E-state index contributed by atoms with van der Waals surface area (Å²) in [4.78, 5) is 10.6. The summed E-state index contributed by atoms with van der Waals surface area (Å²) < 4.78 is 1.74. The number of nitrogens with two attached hydrogens (primary N) is 1. The van der Waals surface area contributed by atoms with Crippen molar-refractivity contribution in [3.8, 4) is 0 Å². The van der Waals surface area contributed by atoms with E-state index in [1.165, 1.54) is 5.56 Å². The van der Waals surface area contributed by atoms with Gasteiger partial charge in [-0.15, -0.1) is 10.2 Å². The first kappa shape index (κ1) is 13.4.